The molecule has 27 heavy (non-hydrogen) atoms. The van der Waals surface area contributed by atoms with Crippen molar-refractivity contribution in [2.45, 2.75) is 13.1 Å². The SMILES string of the molecule is O=C(c1ccc(-c2ccccc2)cc1)N(Cc1ccsc1)Cc1ccco1. The van der Waals surface area contributed by atoms with E-state index in [0.717, 1.165) is 22.5 Å². The Bertz CT molecular complexity index is 939. The molecule has 0 spiro atoms. The summed E-state index contributed by atoms with van der Waals surface area (Å²) < 4.78 is 5.45. The van der Waals surface area contributed by atoms with Crippen LogP contribution in [0.1, 0.15) is 21.7 Å². The Hall–Kier alpha value is -3.11. The molecule has 0 saturated heterocycles. The van der Waals surface area contributed by atoms with Crippen molar-refractivity contribution < 1.29 is 9.21 Å². The molecule has 2 aromatic heterocycles. The number of amides is 1. The standard InChI is InChI=1S/C23H19NO2S/c25-23(21-10-8-20(9-11-21)19-5-2-1-3-6-19)24(15-18-12-14-27-17-18)16-22-7-4-13-26-22/h1-14,17H,15-16H2. The van der Waals surface area contributed by atoms with E-state index >= 15 is 0 Å². The molecular formula is C23H19NO2S. The van der Waals surface area contributed by atoms with Crippen LogP contribution in [0.4, 0.5) is 0 Å². The molecule has 1 amide bonds. The number of hydrogen-bond donors (Lipinski definition) is 0. The molecule has 4 heteroatoms. The lowest BCUT2D eigenvalue weighted by atomic mass is 10.0. The van der Waals surface area contributed by atoms with Gasteiger partial charge in [0.05, 0.1) is 12.8 Å². The number of furan rings is 1. The van der Waals surface area contributed by atoms with Crippen LogP contribution in [0.15, 0.2) is 94.2 Å². The zero-order valence-corrected chi connectivity index (χ0v) is 15.6. The summed E-state index contributed by atoms with van der Waals surface area (Å²) in [5.41, 5.74) is 4.04. The number of benzene rings is 2. The fourth-order valence-corrected chi connectivity index (χ4v) is 3.67. The first kappa shape index (κ1) is 17.3. The maximum absolute atomic E-state index is 13.1. The van der Waals surface area contributed by atoms with Crippen molar-refractivity contribution in [2.75, 3.05) is 0 Å². The second-order valence-electron chi connectivity index (χ2n) is 6.32. The maximum Gasteiger partial charge on any atom is 0.254 e. The lowest BCUT2D eigenvalue weighted by Gasteiger charge is -2.21. The van der Waals surface area contributed by atoms with E-state index in [1.54, 1.807) is 17.6 Å². The van der Waals surface area contributed by atoms with Crippen LogP contribution in [-0.4, -0.2) is 10.8 Å². The van der Waals surface area contributed by atoms with Crippen molar-refractivity contribution in [3.05, 3.63) is 107 Å². The topological polar surface area (TPSA) is 33.5 Å². The fourth-order valence-electron chi connectivity index (χ4n) is 3.01. The van der Waals surface area contributed by atoms with Gasteiger partial charge >= 0.3 is 0 Å². The van der Waals surface area contributed by atoms with Crippen LogP contribution in [0.5, 0.6) is 0 Å². The first-order valence-electron chi connectivity index (χ1n) is 8.78. The zero-order chi connectivity index (χ0) is 18.5. The van der Waals surface area contributed by atoms with E-state index in [2.05, 4.69) is 17.5 Å². The van der Waals surface area contributed by atoms with Gasteiger partial charge in [0, 0.05) is 12.1 Å². The van der Waals surface area contributed by atoms with Crippen molar-refractivity contribution in [3.8, 4) is 11.1 Å². The molecular weight excluding hydrogens is 354 g/mol. The van der Waals surface area contributed by atoms with Gasteiger partial charge in [-0.2, -0.15) is 11.3 Å². The monoisotopic (exact) mass is 373 g/mol. The normalized spacial score (nSPS) is 10.7. The highest BCUT2D eigenvalue weighted by Gasteiger charge is 2.18. The Morgan fingerprint density at radius 1 is 0.852 bits per heavy atom. The third kappa shape index (κ3) is 4.18. The first-order chi connectivity index (χ1) is 13.3. The Balaban J connectivity index is 1.56. The third-order valence-corrected chi connectivity index (χ3v) is 5.14. The van der Waals surface area contributed by atoms with Gasteiger partial charge in [0.1, 0.15) is 5.76 Å². The predicted octanol–water partition coefficient (Wildman–Crippen LogP) is 5.85. The summed E-state index contributed by atoms with van der Waals surface area (Å²) in [5.74, 6) is 0.775. The van der Waals surface area contributed by atoms with Crippen molar-refractivity contribution in [1.82, 2.24) is 4.90 Å². The quantitative estimate of drug-likeness (QED) is 0.425. The summed E-state index contributed by atoms with van der Waals surface area (Å²) in [4.78, 5) is 15.0. The van der Waals surface area contributed by atoms with Gasteiger partial charge in [-0.1, -0.05) is 42.5 Å². The minimum Gasteiger partial charge on any atom is -0.467 e. The molecule has 0 fully saturated rings. The Labute approximate surface area is 162 Å². The fraction of sp³-hybridized carbons (Fsp3) is 0.0870. The Morgan fingerprint density at radius 3 is 2.30 bits per heavy atom. The first-order valence-corrected chi connectivity index (χ1v) is 9.72. The molecule has 4 rings (SSSR count). The molecule has 0 aliphatic heterocycles. The van der Waals surface area contributed by atoms with Crippen molar-refractivity contribution >= 4 is 17.2 Å². The van der Waals surface area contributed by atoms with Gasteiger partial charge in [-0.3, -0.25) is 4.79 Å². The molecule has 0 N–H and O–H groups in total. The van der Waals surface area contributed by atoms with Crippen LogP contribution in [0, 0.1) is 0 Å². The van der Waals surface area contributed by atoms with Crippen LogP contribution in [-0.2, 0) is 13.1 Å². The van der Waals surface area contributed by atoms with Gasteiger partial charge in [0.25, 0.3) is 5.91 Å². The smallest absolute Gasteiger partial charge is 0.254 e. The van der Waals surface area contributed by atoms with E-state index < -0.39 is 0 Å². The number of thiophene rings is 1. The molecule has 0 saturated carbocycles. The summed E-state index contributed by atoms with van der Waals surface area (Å²) in [5, 5.41) is 4.10. The van der Waals surface area contributed by atoms with Gasteiger partial charge < -0.3 is 9.32 Å². The summed E-state index contributed by atoms with van der Waals surface area (Å²) in [6.45, 7) is 1.01. The number of rotatable bonds is 6. The summed E-state index contributed by atoms with van der Waals surface area (Å²) >= 11 is 1.64. The average Bonchev–Trinajstić information content (AvgIpc) is 3.42. The number of carbonyl (C=O) groups excluding carboxylic acids is 1. The highest BCUT2D eigenvalue weighted by Crippen LogP contribution is 2.21. The molecule has 0 atom stereocenters. The van der Waals surface area contributed by atoms with Crippen LogP contribution >= 0.6 is 11.3 Å². The molecule has 2 aromatic carbocycles. The van der Waals surface area contributed by atoms with Gasteiger partial charge in [0.2, 0.25) is 0 Å². The van der Waals surface area contributed by atoms with Crippen LogP contribution in [0.3, 0.4) is 0 Å². The molecule has 0 unspecified atom stereocenters. The van der Waals surface area contributed by atoms with Crippen LogP contribution in [0.2, 0.25) is 0 Å². The molecule has 0 bridgehead atoms. The summed E-state index contributed by atoms with van der Waals surface area (Å²) in [6.07, 6.45) is 1.64. The lowest BCUT2D eigenvalue weighted by molar-refractivity contribution is 0.0718. The molecule has 134 valence electrons. The van der Waals surface area contributed by atoms with Gasteiger partial charge in [-0.25, -0.2) is 0 Å². The second-order valence-corrected chi connectivity index (χ2v) is 7.10. The third-order valence-electron chi connectivity index (χ3n) is 4.41. The molecule has 0 radical (unpaired) electrons. The van der Waals surface area contributed by atoms with E-state index in [4.69, 9.17) is 4.42 Å². The number of nitrogens with zero attached hydrogens (tertiary/aromatic N) is 1. The summed E-state index contributed by atoms with van der Waals surface area (Å²) in [7, 11) is 0. The van der Waals surface area contributed by atoms with Crippen LogP contribution < -0.4 is 0 Å². The predicted molar refractivity (Wildman–Crippen MR) is 108 cm³/mol. The Kier molecular flexibility index (Phi) is 5.17. The van der Waals surface area contributed by atoms with E-state index in [-0.39, 0.29) is 5.91 Å². The summed E-state index contributed by atoms with van der Waals surface area (Å²) in [6, 6.07) is 23.7. The number of carbonyl (C=O) groups is 1. The Morgan fingerprint density at radius 2 is 1.63 bits per heavy atom. The highest BCUT2D eigenvalue weighted by atomic mass is 32.1. The van der Waals surface area contributed by atoms with Crippen molar-refractivity contribution in [1.29, 1.82) is 0 Å². The minimum absolute atomic E-state index is 0.00258. The lowest BCUT2D eigenvalue weighted by Crippen LogP contribution is -2.29. The molecule has 4 aromatic rings. The number of hydrogen-bond acceptors (Lipinski definition) is 3. The molecule has 3 nitrogen and oxygen atoms in total. The molecule has 2 heterocycles. The van der Waals surface area contributed by atoms with E-state index in [1.165, 1.54) is 0 Å². The van der Waals surface area contributed by atoms with Gasteiger partial charge in [-0.05, 0) is 57.8 Å². The largest absolute Gasteiger partial charge is 0.467 e. The van der Waals surface area contributed by atoms with Crippen molar-refractivity contribution in [3.63, 3.8) is 0 Å². The molecule has 0 aliphatic rings. The highest BCUT2D eigenvalue weighted by molar-refractivity contribution is 7.07. The van der Waals surface area contributed by atoms with Crippen LogP contribution in [0.25, 0.3) is 11.1 Å². The van der Waals surface area contributed by atoms with Gasteiger partial charge in [0.15, 0.2) is 0 Å². The zero-order valence-electron chi connectivity index (χ0n) is 14.7. The maximum atomic E-state index is 13.1. The van der Waals surface area contributed by atoms with E-state index in [9.17, 15) is 4.79 Å². The average molecular weight is 373 g/mol. The van der Waals surface area contributed by atoms with E-state index in [1.807, 2.05) is 70.9 Å². The minimum atomic E-state index is -0.00258. The van der Waals surface area contributed by atoms with Crippen molar-refractivity contribution in [2.24, 2.45) is 0 Å². The molecule has 0 aliphatic carbocycles. The second kappa shape index (κ2) is 8.06. The van der Waals surface area contributed by atoms with E-state index in [0.29, 0.717) is 18.7 Å². The van der Waals surface area contributed by atoms with Gasteiger partial charge in [-0.15, -0.1) is 0 Å².